The predicted octanol–water partition coefficient (Wildman–Crippen LogP) is 3.20. The molecule has 0 bridgehead atoms. The largest absolute Gasteiger partial charge is 0.393 e. The Balaban J connectivity index is 3.45. The normalized spacial score (nSPS) is 17.4. The van der Waals surface area contributed by atoms with Gasteiger partial charge in [-0.25, -0.2) is 0 Å². The van der Waals surface area contributed by atoms with Crippen molar-refractivity contribution >= 4 is 0 Å². The molecule has 16 heavy (non-hydrogen) atoms. The van der Waals surface area contributed by atoms with E-state index in [1.807, 2.05) is 6.92 Å². The SMILES string of the molecule is CC(C)CCCC(C)NCC(C)CC(C)O. The Kier molecular flexibility index (Phi) is 8.96. The fraction of sp³-hybridized carbons (Fsp3) is 1.00. The van der Waals surface area contributed by atoms with Crippen molar-refractivity contribution in [3.8, 4) is 0 Å². The monoisotopic (exact) mass is 229 g/mol. The summed E-state index contributed by atoms with van der Waals surface area (Å²) >= 11 is 0. The summed E-state index contributed by atoms with van der Waals surface area (Å²) in [6.07, 6.45) is 4.63. The van der Waals surface area contributed by atoms with E-state index in [0.29, 0.717) is 12.0 Å². The van der Waals surface area contributed by atoms with Gasteiger partial charge in [0.25, 0.3) is 0 Å². The predicted molar refractivity (Wildman–Crippen MR) is 71.6 cm³/mol. The smallest absolute Gasteiger partial charge is 0.0515 e. The first kappa shape index (κ1) is 15.9. The maximum Gasteiger partial charge on any atom is 0.0515 e. The Hall–Kier alpha value is -0.0800. The molecule has 2 heteroatoms. The van der Waals surface area contributed by atoms with Gasteiger partial charge in [-0.05, 0) is 45.1 Å². The van der Waals surface area contributed by atoms with Crippen LogP contribution in [0.2, 0.25) is 0 Å². The molecule has 0 saturated heterocycles. The molecular formula is C14H31NO. The summed E-state index contributed by atoms with van der Waals surface area (Å²) in [7, 11) is 0. The molecule has 0 amide bonds. The first-order chi connectivity index (χ1) is 7.41. The second kappa shape index (κ2) is 9.00. The Labute approximate surface area is 102 Å². The number of aliphatic hydroxyl groups is 1. The van der Waals surface area contributed by atoms with E-state index in [2.05, 4.69) is 33.0 Å². The third-order valence-electron chi connectivity index (χ3n) is 2.98. The summed E-state index contributed by atoms with van der Waals surface area (Å²) in [5, 5.41) is 12.8. The Morgan fingerprint density at radius 1 is 1.00 bits per heavy atom. The fourth-order valence-electron chi connectivity index (χ4n) is 2.00. The van der Waals surface area contributed by atoms with Gasteiger partial charge in [0.05, 0.1) is 6.10 Å². The van der Waals surface area contributed by atoms with Gasteiger partial charge in [-0.1, -0.05) is 33.6 Å². The molecule has 0 aliphatic heterocycles. The summed E-state index contributed by atoms with van der Waals surface area (Å²) in [6.45, 7) is 11.9. The minimum absolute atomic E-state index is 0.173. The summed E-state index contributed by atoms with van der Waals surface area (Å²) in [5.41, 5.74) is 0. The molecule has 0 aliphatic carbocycles. The maximum absolute atomic E-state index is 9.26. The van der Waals surface area contributed by atoms with Crippen molar-refractivity contribution in [2.24, 2.45) is 11.8 Å². The van der Waals surface area contributed by atoms with Crippen molar-refractivity contribution in [1.82, 2.24) is 5.32 Å². The molecule has 0 spiro atoms. The van der Waals surface area contributed by atoms with Gasteiger partial charge < -0.3 is 10.4 Å². The van der Waals surface area contributed by atoms with E-state index < -0.39 is 0 Å². The number of hydrogen-bond acceptors (Lipinski definition) is 2. The van der Waals surface area contributed by atoms with Crippen LogP contribution in [-0.4, -0.2) is 23.8 Å². The second-order valence-corrected chi connectivity index (χ2v) is 5.82. The molecule has 0 rings (SSSR count). The van der Waals surface area contributed by atoms with E-state index in [9.17, 15) is 5.11 Å². The molecule has 0 fully saturated rings. The number of nitrogens with one attached hydrogen (secondary N) is 1. The molecule has 0 aromatic rings. The molecule has 3 unspecified atom stereocenters. The fourth-order valence-corrected chi connectivity index (χ4v) is 2.00. The lowest BCUT2D eigenvalue weighted by Gasteiger charge is -2.19. The minimum atomic E-state index is -0.173. The molecule has 2 nitrogen and oxygen atoms in total. The molecule has 3 atom stereocenters. The van der Waals surface area contributed by atoms with Gasteiger partial charge in [0, 0.05) is 6.04 Å². The summed E-state index contributed by atoms with van der Waals surface area (Å²) in [5.74, 6) is 1.38. The van der Waals surface area contributed by atoms with E-state index in [4.69, 9.17) is 0 Å². The van der Waals surface area contributed by atoms with Crippen LogP contribution in [0.25, 0.3) is 0 Å². The van der Waals surface area contributed by atoms with Crippen LogP contribution < -0.4 is 5.32 Å². The van der Waals surface area contributed by atoms with Gasteiger partial charge in [0.1, 0.15) is 0 Å². The molecule has 0 aliphatic rings. The van der Waals surface area contributed by atoms with Crippen molar-refractivity contribution < 1.29 is 5.11 Å². The zero-order valence-corrected chi connectivity index (χ0v) is 11.8. The highest BCUT2D eigenvalue weighted by molar-refractivity contribution is 4.66. The van der Waals surface area contributed by atoms with Crippen molar-refractivity contribution in [3.05, 3.63) is 0 Å². The first-order valence-corrected chi connectivity index (χ1v) is 6.83. The number of rotatable bonds is 9. The van der Waals surface area contributed by atoms with E-state index in [1.165, 1.54) is 19.3 Å². The maximum atomic E-state index is 9.26. The highest BCUT2D eigenvalue weighted by Gasteiger charge is 2.08. The van der Waals surface area contributed by atoms with Gasteiger partial charge in [-0.15, -0.1) is 0 Å². The van der Waals surface area contributed by atoms with Gasteiger partial charge in [0.2, 0.25) is 0 Å². The quantitative estimate of drug-likeness (QED) is 0.636. The molecule has 0 saturated carbocycles. The van der Waals surface area contributed by atoms with Gasteiger partial charge in [0.15, 0.2) is 0 Å². The van der Waals surface area contributed by atoms with E-state index >= 15 is 0 Å². The van der Waals surface area contributed by atoms with Crippen LogP contribution in [-0.2, 0) is 0 Å². The van der Waals surface area contributed by atoms with E-state index in [-0.39, 0.29) is 6.10 Å². The third-order valence-corrected chi connectivity index (χ3v) is 2.98. The molecule has 0 aromatic carbocycles. The van der Waals surface area contributed by atoms with Crippen molar-refractivity contribution in [2.75, 3.05) is 6.54 Å². The topological polar surface area (TPSA) is 32.3 Å². The Morgan fingerprint density at radius 2 is 1.62 bits per heavy atom. The van der Waals surface area contributed by atoms with Gasteiger partial charge in [-0.3, -0.25) is 0 Å². The highest BCUT2D eigenvalue weighted by Crippen LogP contribution is 2.09. The number of hydrogen-bond donors (Lipinski definition) is 2. The third kappa shape index (κ3) is 10.4. The first-order valence-electron chi connectivity index (χ1n) is 6.83. The van der Waals surface area contributed by atoms with Crippen LogP contribution >= 0.6 is 0 Å². The second-order valence-electron chi connectivity index (χ2n) is 5.82. The molecule has 98 valence electrons. The van der Waals surface area contributed by atoms with Crippen LogP contribution in [0, 0.1) is 11.8 Å². The summed E-state index contributed by atoms with van der Waals surface area (Å²) in [4.78, 5) is 0. The number of aliphatic hydroxyl groups excluding tert-OH is 1. The van der Waals surface area contributed by atoms with Crippen molar-refractivity contribution in [2.45, 2.75) is 72.4 Å². The van der Waals surface area contributed by atoms with Crippen LogP contribution in [0.5, 0.6) is 0 Å². The highest BCUT2D eigenvalue weighted by atomic mass is 16.3. The van der Waals surface area contributed by atoms with Gasteiger partial charge in [-0.2, -0.15) is 0 Å². The van der Waals surface area contributed by atoms with Crippen LogP contribution in [0.1, 0.15) is 60.3 Å². The molecular weight excluding hydrogens is 198 g/mol. The molecule has 2 N–H and O–H groups in total. The van der Waals surface area contributed by atoms with Crippen molar-refractivity contribution in [1.29, 1.82) is 0 Å². The average molecular weight is 229 g/mol. The lowest BCUT2D eigenvalue weighted by atomic mass is 10.0. The molecule has 0 radical (unpaired) electrons. The lowest BCUT2D eigenvalue weighted by molar-refractivity contribution is 0.162. The van der Waals surface area contributed by atoms with Crippen LogP contribution in [0.3, 0.4) is 0 Å². The zero-order valence-electron chi connectivity index (χ0n) is 11.8. The average Bonchev–Trinajstić information content (AvgIpc) is 2.13. The lowest BCUT2D eigenvalue weighted by Crippen LogP contribution is -2.31. The van der Waals surface area contributed by atoms with Crippen LogP contribution in [0.4, 0.5) is 0 Å². The summed E-state index contributed by atoms with van der Waals surface area (Å²) in [6, 6.07) is 0.607. The zero-order chi connectivity index (χ0) is 12.6. The van der Waals surface area contributed by atoms with E-state index in [0.717, 1.165) is 18.9 Å². The van der Waals surface area contributed by atoms with E-state index in [1.54, 1.807) is 0 Å². The Bertz CT molecular complexity index is 157. The van der Waals surface area contributed by atoms with Crippen molar-refractivity contribution in [3.63, 3.8) is 0 Å². The molecule has 0 heterocycles. The minimum Gasteiger partial charge on any atom is -0.393 e. The Morgan fingerprint density at radius 3 is 2.12 bits per heavy atom. The van der Waals surface area contributed by atoms with Crippen LogP contribution in [0.15, 0.2) is 0 Å². The van der Waals surface area contributed by atoms with Gasteiger partial charge >= 0.3 is 0 Å². The molecule has 0 aromatic heterocycles. The summed E-state index contributed by atoms with van der Waals surface area (Å²) < 4.78 is 0. The standard InChI is InChI=1S/C14H31NO/c1-11(2)7-6-8-13(4)15-10-12(3)9-14(5)16/h11-16H,6-10H2,1-5H3.